The molecule has 0 radical (unpaired) electrons. The van der Waals surface area contributed by atoms with Crippen molar-refractivity contribution in [2.24, 2.45) is 5.41 Å². The first-order chi connectivity index (χ1) is 9.27. The number of halogens is 2. The summed E-state index contributed by atoms with van der Waals surface area (Å²) in [4.78, 5) is 0. The van der Waals surface area contributed by atoms with Gasteiger partial charge in [-0.25, -0.2) is 0 Å². The lowest BCUT2D eigenvalue weighted by Crippen LogP contribution is -2.48. The van der Waals surface area contributed by atoms with Crippen molar-refractivity contribution >= 4 is 12.6 Å². The molecule has 0 amide bonds. The van der Waals surface area contributed by atoms with Crippen LogP contribution in [0, 0.1) is 12.3 Å². The lowest BCUT2D eigenvalue weighted by Gasteiger charge is -2.33. The summed E-state index contributed by atoms with van der Waals surface area (Å²) in [6.45, 7) is 6.85. The van der Waals surface area contributed by atoms with Crippen LogP contribution in [0.4, 0.5) is 8.78 Å². The zero-order valence-corrected chi connectivity index (χ0v) is 11.5. The van der Waals surface area contributed by atoms with Gasteiger partial charge in [0.2, 0.25) is 0 Å². The second-order valence-corrected chi connectivity index (χ2v) is 5.89. The van der Waals surface area contributed by atoms with Crippen molar-refractivity contribution in [2.45, 2.75) is 27.1 Å². The summed E-state index contributed by atoms with van der Waals surface area (Å²) < 4.78 is 46.4. The molecule has 0 bridgehead atoms. The molecule has 1 aromatic rings. The molecule has 1 aromatic carbocycles. The fraction of sp³-hybridized carbons (Fsp3) is 0.538. The van der Waals surface area contributed by atoms with E-state index in [2.05, 4.69) is 9.47 Å². The first kappa shape index (κ1) is 13.6. The van der Waals surface area contributed by atoms with Gasteiger partial charge in [-0.05, 0) is 24.0 Å². The number of alkyl halides is 2. The zero-order chi connectivity index (χ0) is 14.5. The molecule has 2 aliphatic rings. The van der Waals surface area contributed by atoms with Crippen molar-refractivity contribution in [1.82, 2.24) is 0 Å². The first-order valence-electron chi connectivity index (χ1n) is 6.40. The molecule has 3 rings (SSSR count). The lowest BCUT2D eigenvalue weighted by atomic mass is 9.73. The van der Waals surface area contributed by atoms with Crippen LogP contribution in [0.5, 0.6) is 11.5 Å². The summed E-state index contributed by atoms with van der Waals surface area (Å²) in [5.74, 6) is 0.0805. The molecule has 108 valence electrons. The molecule has 2 heterocycles. The van der Waals surface area contributed by atoms with Gasteiger partial charge >= 0.3 is 13.4 Å². The van der Waals surface area contributed by atoms with Crippen molar-refractivity contribution in [1.29, 1.82) is 0 Å². The van der Waals surface area contributed by atoms with E-state index in [1.54, 1.807) is 13.0 Å². The van der Waals surface area contributed by atoms with E-state index in [-0.39, 0.29) is 16.9 Å². The molecule has 0 aromatic heterocycles. The number of fused-ring (bicyclic) bond motifs is 1. The van der Waals surface area contributed by atoms with Crippen LogP contribution < -0.4 is 14.9 Å². The van der Waals surface area contributed by atoms with Gasteiger partial charge in [0, 0.05) is 18.6 Å². The van der Waals surface area contributed by atoms with E-state index in [0.29, 0.717) is 24.2 Å². The summed E-state index contributed by atoms with van der Waals surface area (Å²) in [5, 5.41) is 0. The molecule has 0 unspecified atom stereocenters. The minimum absolute atomic E-state index is 0.0346. The Balaban J connectivity index is 1.87. The van der Waals surface area contributed by atoms with Crippen LogP contribution in [-0.2, 0) is 9.31 Å². The predicted molar refractivity (Wildman–Crippen MR) is 68.5 cm³/mol. The van der Waals surface area contributed by atoms with Gasteiger partial charge in [0.15, 0.2) is 11.5 Å². The minimum atomic E-state index is -3.61. The SMILES string of the molecule is Cc1c(B2OCC(C)(C)CO2)ccc2c1OC(F)(F)O2. The van der Waals surface area contributed by atoms with Crippen molar-refractivity contribution in [3.05, 3.63) is 17.7 Å². The van der Waals surface area contributed by atoms with Crippen LogP contribution in [0.1, 0.15) is 19.4 Å². The molecule has 1 fully saturated rings. The largest absolute Gasteiger partial charge is 0.586 e. The molecule has 0 spiro atoms. The number of hydrogen-bond acceptors (Lipinski definition) is 4. The van der Waals surface area contributed by atoms with E-state index in [1.807, 2.05) is 13.8 Å². The van der Waals surface area contributed by atoms with Gasteiger partial charge in [-0.1, -0.05) is 19.9 Å². The van der Waals surface area contributed by atoms with Crippen LogP contribution in [0.3, 0.4) is 0 Å². The second kappa shape index (κ2) is 4.33. The molecule has 1 saturated heterocycles. The first-order valence-corrected chi connectivity index (χ1v) is 6.40. The van der Waals surface area contributed by atoms with Crippen LogP contribution in [0.25, 0.3) is 0 Å². The highest BCUT2D eigenvalue weighted by Crippen LogP contribution is 2.42. The normalized spacial score (nSPS) is 22.9. The number of benzene rings is 1. The van der Waals surface area contributed by atoms with Gasteiger partial charge in [0.05, 0.1) is 0 Å². The Bertz CT molecular complexity index is 537. The monoisotopic (exact) mass is 284 g/mol. The lowest BCUT2D eigenvalue weighted by molar-refractivity contribution is -0.286. The Morgan fingerprint density at radius 3 is 2.40 bits per heavy atom. The highest BCUT2D eigenvalue weighted by molar-refractivity contribution is 6.62. The fourth-order valence-electron chi connectivity index (χ4n) is 2.28. The van der Waals surface area contributed by atoms with E-state index in [9.17, 15) is 8.78 Å². The smallest absolute Gasteiger partial charge is 0.407 e. The molecular formula is C13H15BF2O4. The van der Waals surface area contributed by atoms with Gasteiger partial charge in [-0.3, -0.25) is 0 Å². The molecule has 0 aliphatic carbocycles. The van der Waals surface area contributed by atoms with Crippen LogP contribution in [0.2, 0.25) is 0 Å². The maximum atomic E-state index is 13.1. The van der Waals surface area contributed by atoms with E-state index in [0.717, 1.165) is 0 Å². The third-order valence-corrected chi connectivity index (χ3v) is 3.37. The van der Waals surface area contributed by atoms with Gasteiger partial charge < -0.3 is 18.8 Å². The van der Waals surface area contributed by atoms with Crippen LogP contribution >= 0.6 is 0 Å². The Kier molecular flexibility index (Phi) is 2.95. The molecule has 4 nitrogen and oxygen atoms in total. The standard InChI is InChI=1S/C13H15BF2O4/c1-8-9(14-17-6-12(2,3)7-18-14)4-5-10-11(8)20-13(15,16)19-10/h4-5H,6-7H2,1-3H3. The summed E-state index contributed by atoms with van der Waals surface area (Å²) >= 11 is 0. The Hall–Kier alpha value is -1.34. The maximum Gasteiger partial charge on any atom is 0.586 e. The summed E-state index contributed by atoms with van der Waals surface area (Å²) in [7, 11) is -0.564. The second-order valence-electron chi connectivity index (χ2n) is 5.89. The highest BCUT2D eigenvalue weighted by Gasteiger charge is 2.45. The van der Waals surface area contributed by atoms with Gasteiger partial charge in [-0.15, -0.1) is 8.78 Å². The third kappa shape index (κ3) is 2.36. The van der Waals surface area contributed by atoms with Crippen molar-refractivity contribution in [3.8, 4) is 11.5 Å². The van der Waals surface area contributed by atoms with Gasteiger partial charge in [-0.2, -0.15) is 0 Å². The molecule has 20 heavy (non-hydrogen) atoms. The van der Waals surface area contributed by atoms with E-state index >= 15 is 0 Å². The number of hydrogen-bond donors (Lipinski definition) is 0. The van der Waals surface area contributed by atoms with Crippen molar-refractivity contribution in [2.75, 3.05) is 13.2 Å². The van der Waals surface area contributed by atoms with Crippen LogP contribution in [0.15, 0.2) is 12.1 Å². The number of rotatable bonds is 1. The summed E-state index contributed by atoms with van der Waals surface area (Å²) in [6, 6.07) is 3.12. The number of ether oxygens (including phenoxy) is 2. The van der Waals surface area contributed by atoms with Gasteiger partial charge in [0.25, 0.3) is 0 Å². The van der Waals surface area contributed by atoms with E-state index < -0.39 is 13.4 Å². The van der Waals surface area contributed by atoms with E-state index in [4.69, 9.17) is 9.31 Å². The quantitative estimate of drug-likeness (QED) is 0.740. The zero-order valence-electron chi connectivity index (χ0n) is 11.5. The maximum absolute atomic E-state index is 13.1. The van der Waals surface area contributed by atoms with Crippen molar-refractivity contribution in [3.63, 3.8) is 0 Å². The Morgan fingerprint density at radius 1 is 1.10 bits per heavy atom. The molecule has 0 atom stereocenters. The predicted octanol–water partition coefficient (Wildman–Crippen LogP) is 2.08. The molecular weight excluding hydrogens is 269 g/mol. The fourth-order valence-corrected chi connectivity index (χ4v) is 2.28. The minimum Gasteiger partial charge on any atom is -0.407 e. The summed E-state index contributed by atoms with van der Waals surface area (Å²) in [5.41, 5.74) is 1.18. The average molecular weight is 284 g/mol. The van der Waals surface area contributed by atoms with E-state index in [1.165, 1.54) is 6.07 Å². The molecule has 7 heteroatoms. The highest BCUT2D eigenvalue weighted by atomic mass is 19.3. The van der Waals surface area contributed by atoms with Crippen LogP contribution in [-0.4, -0.2) is 26.6 Å². The van der Waals surface area contributed by atoms with Gasteiger partial charge in [0.1, 0.15) is 0 Å². The summed E-state index contributed by atoms with van der Waals surface area (Å²) in [6.07, 6.45) is -3.61. The van der Waals surface area contributed by atoms with Crippen molar-refractivity contribution < 1.29 is 27.6 Å². The average Bonchev–Trinajstić information content (AvgIpc) is 2.66. The Labute approximate surface area is 116 Å². The third-order valence-electron chi connectivity index (χ3n) is 3.37. The Morgan fingerprint density at radius 2 is 1.75 bits per heavy atom. The molecule has 0 saturated carbocycles. The molecule has 2 aliphatic heterocycles. The molecule has 0 N–H and O–H groups in total. The topological polar surface area (TPSA) is 36.9 Å².